The van der Waals surface area contributed by atoms with Crippen LogP contribution in [0.4, 0.5) is 5.69 Å². The Bertz CT molecular complexity index is 792. The lowest BCUT2D eigenvalue weighted by Crippen LogP contribution is -2.36. The molecule has 8 nitrogen and oxygen atoms in total. The number of nitrogens with one attached hydrogen (secondary N) is 3. The van der Waals surface area contributed by atoms with Crippen molar-refractivity contribution < 1.29 is 9.59 Å². The molecule has 0 aliphatic heterocycles. The van der Waals surface area contributed by atoms with Crippen LogP contribution in [0.2, 0.25) is 0 Å². The summed E-state index contributed by atoms with van der Waals surface area (Å²) in [7, 11) is 3.27. The molecular formula is C16H21N5O3. The lowest BCUT2D eigenvalue weighted by Gasteiger charge is -2.07. The average molecular weight is 331 g/mol. The van der Waals surface area contributed by atoms with E-state index in [2.05, 4.69) is 16.0 Å². The van der Waals surface area contributed by atoms with Crippen LogP contribution in [0, 0.1) is 6.92 Å². The molecule has 0 unspecified atom stereocenters. The molecule has 0 aliphatic carbocycles. The SMILES string of the molecule is CNC(=O)CNCC(=O)Nc1c(C)n(C)n(-c2ccccc2)c1=O. The predicted octanol–water partition coefficient (Wildman–Crippen LogP) is -0.241. The third-order valence-corrected chi connectivity index (χ3v) is 3.67. The van der Waals surface area contributed by atoms with Gasteiger partial charge in [-0.1, -0.05) is 18.2 Å². The zero-order valence-electron chi connectivity index (χ0n) is 13.9. The summed E-state index contributed by atoms with van der Waals surface area (Å²) in [6, 6.07) is 9.18. The smallest absolute Gasteiger partial charge is 0.295 e. The molecule has 128 valence electrons. The highest BCUT2D eigenvalue weighted by Gasteiger charge is 2.17. The van der Waals surface area contributed by atoms with Crippen molar-refractivity contribution in [2.24, 2.45) is 7.05 Å². The molecule has 0 fully saturated rings. The van der Waals surface area contributed by atoms with Gasteiger partial charge in [-0.15, -0.1) is 0 Å². The number of hydrogen-bond donors (Lipinski definition) is 3. The number of carbonyl (C=O) groups is 2. The quantitative estimate of drug-likeness (QED) is 0.680. The summed E-state index contributed by atoms with van der Waals surface area (Å²) < 4.78 is 3.17. The van der Waals surface area contributed by atoms with Gasteiger partial charge in [0.25, 0.3) is 5.56 Å². The lowest BCUT2D eigenvalue weighted by atomic mass is 10.3. The summed E-state index contributed by atoms with van der Waals surface area (Å²) >= 11 is 0. The first-order valence-electron chi connectivity index (χ1n) is 7.51. The molecule has 2 aromatic rings. The van der Waals surface area contributed by atoms with Gasteiger partial charge in [0.2, 0.25) is 11.8 Å². The molecule has 1 heterocycles. The van der Waals surface area contributed by atoms with E-state index in [1.54, 1.807) is 18.7 Å². The van der Waals surface area contributed by atoms with E-state index < -0.39 is 0 Å². The van der Waals surface area contributed by atoms with E-state index in [1.165, 1.54) is 11.7 Å². The molecule has 0 saturated carbocycles. The van der Waals surface area contributed by atoms with Gasteiger partial charge in [-0.25, -0.2) is 4.68 Å². The second-order valence-corrected chi connectivity index (χ2v) is 5.26. The average Bonchev–Trinajstić information content (AvgIpc) is 2.79. The normalized spacial score (nSPS) is 10.5. The number of para-hydroxylation sites is 1. The van der Waals surface area contributed by atoms with Crippen LogP contribution in [0.5, 0.6) is 0 Å². The first-order chi connectivity index (χ1) is 11.5. The van der Waals surface area contributed by atoms with Crippen LogP contribution in [0.3, 0.4) is 0 Å². The molecule has 3 N–H and O–H groups in total. The summed E-state index contributed by atoms with van der Waals surface area (Å²) in [6.07, 6.45) is 0. The van der Waals surface area contributed by atoms with Gasteiger partial charge in [-0.3, -0.25) is 24.4 Å². The first kappa shape index (κ1) is 17.5. The second-order valence-electron chi connectivity index (χ2n) is 5.26. The number of amides is 2. The van der Waals surface area contributed by atoms with E-state index in [4.69, 9.17) is 0 Å². The lowest BCUT2D eigenvalue weighted by molar-refractivity contribution is -0.120. The number of carbonyl (C=O) groups excluding carboxylic acids is 2. The fraction of sp³-hybridized carbons (Fsp3) is 0.312. The van der Waals surface area contributed by atoms with Crippen molar-refractivity contribution in [2.45, 2.75) is 6.92 Å². The predicted molar refractivity (Wildman–Crippen MR) is 91.3 cm³/mol. The van der Waals surface area contributed by atoms with Crippen molar-refractivity contribution in [3.05, 3.63) is 46.4 Å². The highest BCUT2D eigenvalue weighted by atomic mass is 16.2. The van der Waals surface area contributed by atoms with Crippen molar-refractivity contribution in [1.29, 1.82) is 0 Å². The number of aromatic nitrogens is 2. The Morgan fingerprint density at radius 1 is 1.08 bits per heavy atom. The topological polar surface area (TPSA) is 97.2 Å². The monoisotopic (exact) mass is 331 g/mol. The van der Waals surface area contributed by atoms with E-state index in [-0.39, 0.29) is 36.2 Å². The van der Waals surface area contributed by atoms with Crippen molar-refractivity contribution in [3.63, 3.8) is 0 Å². The van der Waals surface area contributed by atoms with Crippen LogP contribution in [-0.2, 0) is 16.6 Å². The number of likely N-dealkylation sites (N-methyl/N-ethyl adjacent to an activating group) is 1. The fourth-order valence-electron chi connectivity index (χ4n) is 2.27. The fourth-order valence-corrected chi connectivity index (χ4v) is 2.27. The van der Waals surface area contributed by atoms with Crippen LogP contribution in [0.25, 0.3) is 5.69 Å². The minimum absolute atomic E-state index is 0.0337. The van der Waals surface area contributed by atoms with Gasteiger partial charge in [0.05, 0.1) is 24.5 Å². The number of anilines is 1. The molecule has 1 aromatic heterocycles. The van der Waals surface area contributed by atoms with Crippen LogP contribution in [-0.4, -0.2) is 41.3 Å². The summed E-state index contributed by atoms with van der Waals surface area (Å²) in [5.41, 5.74) is 1.28. The Morgan fingerprint density at radius 2 is 1.71 bits per heavy atom. The largest absolute Gasteiger partial charge is 0.358 e. The zero-order chi connectivity index (χ0) is 17.7. The molecule has 8 heteroatoms. The second kappa shape index (κ2) is 7.60. The van der Waals surface area contributed by atoms with Crippen LogP contribution >= 0.6 is 0 Å². The molecule has 24 heavy (non-hydrogen) atoms. The highest BCUT2D eigenvalue weighted by Crippen LogP contribution is 2.13. The molecule has 0 atom stereocenters. The molecule has 0 saturated heterocycles. The molecular weight excluding hydrogens is 310 g/mol. The molecule has 0 spiro atoms. The van der Waals surface area contributed by atoms with Crippen molar-refractivity contribution in [1.82, 2.24) is 20.0 Å². The molecule has 0 radical (unpaired) electrons. The third kappa shape index (κ3) is 3.72. The van der Waals surface area contributed by atoms with Gasteiger partial charge >= 0.3 is 0 Å². The van der Waals surface area contributed by atoms with Crippen LogP contribution in [0.1, 0.15) is 5.69 Å². The Labute approximate surface area is 139 Å². The number of hydrogen-bond acceptors (Lipinski definition) is 4. The van der Waals surface area contributed by atoms with Crippen LogP contribution in [0.15, 0.2) is 35.1 Å². The maximum Gasteiger partial charge on any atom is 0.295 e. The van der Waals surface area contributed by atoms with Crippen molar-refractivity contribution in [3.8, 4) is 5.69 Å². The Kier molecular flexibility index (Phi) is 5.54. The summed E-state index contributed by atoms with van der Waals surface area (Å²) in [6.45, 7) is 1.73. The van der Waals surface area contributed by atoms with E-state index in [9.17, 15) is 14.4 Å². The highest BCUT2D eigenvalue weighted by molar-refractivity contribution is 5.93. The van der Waals surface area contributed by atoms with E-state index in [0.29, 0.717) is 11.4 Å². The molecule has 0 aliphatic rings. The number of benzene rings is 1. The zero-order valence-corrected chi connectivity index (χ0v) is 13.9. The van der Waals surface area contributed by atoms with Crippen molar-refractivity contribution >= 4 is 17.5 Å². The third-order valence-electron chi connectivity index (χ3n) is 3.67. The summed E-state index contributed by atoms with van der Waals surface area (Å²) in [5, 5.41) is 7.77. The summed E-state index contributed by atoms with van der Waals surface area (Å²) in [4.78, 5) is 35.7. The molecule has 2 rings (SSSR count). The van der Waals surface area contributed by atoms with E-state index in [0.717, 1.165) is 0 Å². The Hall–Kier alpha value is -2.87. The van der Waals surface area contributed by atoms with E-state index >= 15 is 0 Å². The summed E-state index contributed by atoms with van der Waals surface area (Å²) in [5.74, 6) is -0.602. The van der Waals surface area contributed by atoms with Crippen LogP contribution < -0.4 is 21.5 Å². The Morgan fingerprint density at radius 3 is 2.33 bits per heavy atom. The van der Waals surface area contributed by atoms with Gasteiger partial charge < -0.3 is 10.6 Å². The standard InChI is InChI=1S/C16H21N5O3/c1-11-15(19-14(23)10-18-9-13(22)17-2)16(24)21(20(11)3)12-7-5-4-6-8-12/h4-8,18H,9-10H2,1-3H3,(H,17,22)(H,19,23). The van der Waals surface area contributed by atoms with Gasteiger partial charge in [-0.05, 0) is 19.1 Å². The minimum atomic E-state index is -0.384. The van der Waals surface area contributed by atoms with Gasteiger partial charge in [-0.2, -0.15) is 0 Å². The minimum Gasteiger partial charge on any atom is -0.358 e. The molecule has 2 amide bonds. The van der Waals surface area contributed by atoms with Gasteiger partial charge in [0.15, 0.2) is 0 Å². The first-order valence-corrected chi connectivity index (χ1v) is 7.51. The van der Waals surface area contributed by atoms with Gasteiger partial charge in [0.1, 0.15) is 5.69 Å². The maximum atomic E-state index is 12.6. The van der Waals surface area contributed by atoms with Gasteiger partial charge in [0, 0.05) is 14.1 Å². The number of rotatable bonds is 6. The maximum absolute atomic E-state index is 12.6. The van der Waals surface area contributed by atoms with Crippen molar-refractivity contribution in [2.75, 3.05) is 25.5 Å². The molecule has 1 aromatic carbocycles. The molecule has 0 bridgehead atoms. The van der Waals surface area contributed by atoms with E-state index in [1.807, 2.05) is 30.3 Å². The number of nitrogens with zero attached hydrogens (tertiary/aromatic N) is 2. The Balaban J connectivity index is 2.16.